The molecule has 0 spiro atoms. The van der Waals surface area contributed by atoms with Crippen LogP contribution in [0.2, 0.25) is 0 Å². The lowest BCUT2D eigenvalue weighted by Crippen LogP contribution is -2.15. The molecule has 21 heavy (non-hydrogen) atoms. The largest absolute Gasteiger partial charge is 0.507 e. The number of carbonyl (C=O) groups excluding carboxylic acids is 1. The number of thiocarbonyl (C=S) groups is 1. The van der Waals surface area contributed by atoms with E-state index in [1.807, 2.05) is 22.6 Å². The summed E-state index contributed by atoms with van der Waals surface area (Å²) in [4.78, 5) is 12.0. The van der Waals surface area contributed by atoms with Crippen LogP contribution in [0.3, 0.4) is 0 Å². The minimum Gasteiger partial charge on any atom is -0.507 e. The van der Waals surface area contributed by atoms with Crippen LogP contribution >= 0.6 is 34.8 Å². The number of phenolic OH excluding ortho intramolecular Hbond substituents is 1. The van der Waals surface area contributed by atoms with E-state index in [4.69, 9.17) is 18.0 Å². The van der Waals surface area contributed by atoms with Gasteiger partial charge in [-0.15, -0.1) is 0 Å². The molecule has 1 amide bonds. The van der Waals surface area contributed by atoms with E-state index in [0.717, 1.165) is 3.57 Å². The van der Waals surface area contributed by atoms with Gasteiger partial charge >= 0.3 is 0 Å². The van der Waals surface area contributed by atoms with E-state index in [2.05, 4.69) is 5.32 Å². The molecule has 0 radical (unpaired) electrons. The highest BCUT2D eigenvalue weighted by Crippen LogP contribution is 2.22. The Morgan fingerprint density at radius 3 is 2.62 bits per heavy atom. The Morgan fingerprint density at radius 2 is 1.95 bits per heavy atom. The number of carbonyl (C=O) groups is 1. The summed E-state index contributed by atoms with van der Waals surface area (Å²) in [5, 5.41) is 12.3. The van der Waals surface area contributed by atoms with Crippen molar-refractivity contribution < 1.29 is 14.3 Å². The number of nitrogens with two attached hydrogens (primary N) is 1. The predicted molar refractivity (Wildman–Crippen MR) is 91.1 cm³/mol. The van der Waals surface area contributed by atoms with Crippen molar-refractivity contribution in [1.82, 2.24) is 0 Å². The molecule has 108 valence electrons. The zero-order chi connectivity index (χ0) is 15.6. The normalized spacial score (nSPS) is 10.2. The van der Waals surface area contributed by atoms with Crippen LogP contribution in [-0.2, 0) is 0 Å². The van der Waals surface area contributed by atoms with Gasteiger partial charge < -0.3 is 16.2 Å². The van der Waals surface area contributed by atoms with Crippen LogP contribution in [0.15, 0.2) is 36.4 Å². The molecule has 2 rings (SSSR count). The van der Waals surface area contributed by atoms with E-state index in [1.54, 1.807) is 12.1 Å². The Balaban J connectivity index is 2.29. The predicted octanol–water partition coefficient (Wildman–Crippen LogP) is 3.02. The summed E-state index contributed by atoms with van der Waals surface area (Å²) in [6.45, 7) is 0. The van der Waals surface area contributed by atoms with E-state index in [1.165, 1.54) is 24.3 Å². The number of hydrogen-bond donors (Lipinski definition) is 3. The Bertz CT molecular complexity index is 737. The van der Waals surface area contributed by atoms with Gasteiger partial charge in [-0.2, -0.15) is 0 Å². The third-order valence-electron chi connectivity index (χ3n) is 2.69. The summed E-state index contributed by atoms with van der Waals surface area (Å²) in [5.74, 6) is -1.20. The molecule has 2 aromatic carbocycles. The Morgan fingerprint density at radius 1 is 1.24 bits per heavy atom. The van der Waals surface area contributed by atoms with Crippen LogP contribution in [0.1, 0.15) is 15.9 Å². The lowest BCUT2D eigenvalue weighted by Gasteiger charge is -2.09. The average Bonchev–Trinajstić information content (AvgIpc) is 2.43. The highest BCUT2D eigenvalue weighted by atomic mass is 127. The van der Waals surface area contributed by atoms with Gasteiger partial charge in [-0.25, -0.2) is 4.39 Å². The summed E-state index contributed by atoms with van der Waals surface area (Å²) in [6.07, 6.45) is 0. The first kappa shape index (κ1) is 15.6. The summed E-state index contributed by atoms with van der Waals surface area (Å²) in [6, 6.07) is 8.56. The minimum absolute atomic E-state index is 0.0506. The second-order valence-corrected chi connectivity index (χ2v) is 5.86. The third kappa shape index (κ3) is 3.67. The van der Waals surface area contributed by atoms with Gasteiger partial charge in [0.25, 0.3) is 5.91 Å². The maximum absolute atomic E-state index is 13.5. The van der Waals surface area contributed by atoms with Crippen molar-refractivity contribution in [3.8, 4) is 5.75 Å². The maximum Gasteiger partial charge on any atom is 0.259 e. The second kappa shape index (κ2) is 6.35. The fraction of sp³-hybridized carbons (Fsp3) is 0. The average molecular weight is 416 g/mol. The van der Waals surface area contributed by atoms with Gasteiger partial charge in [0.2, 0.25) is 0 Å². The molecule has 7 heteroatoms. The van der Waals surface area contributed by atoms with Gasteiger partial charge in [-0.05, 0) is 59.0 Å². The monoisotopic (exact) mass is 416 g/mol. The molecule has 0 heterocycles. The van der Waals surface area contributed by atoms with E-state index >= 15 is 0 Å². The van der Waals surface area contributed by atoms with Gasteiger partial charge in [0, 0.05) is 14.8 Å². The Kier molecular flexibility index (Phi) is 4.73. The van der Waals surface area contributed by atoms with Crippen molar-refractivity contribution in [2.45, 2.75) is 0 Å². The number of aromatic hydroxyl groups is 1. The number of anilines is 1. The quantitative estimate of drug-likeness (QED) is 0.531. The molecule has 0 aliphatic carbocycles. The highest BCUT2D eigenvalue weighted by molar-refractivity contribution is 14.1. The van der Waals surface area contributed by atoms with Crippen molar-refractivity contribution in [3.05, 3.63) is 56.9 Å². The number of nitrogens with one attached hydrogen (secondary N) is 1. The molecule has 0 aliphatic heterocycles. The number of amides is 1. The molecule has 4 nitrogen and oxygen atoms in total. The first-order chi connectivity index (χ1) is 9.88. The van der Waals surface area contributed by atoms with Crippen molar-refractivity contribution in [3.63, 3.8) is 0 Å². The van der Waals surface area contributed by atoms with Gasteiger partial charge in [0.15, 0.2) is 0 Å². The van der Waals surface area contributed by atoms with Gasteiger partial charge in [0.1, 0.15) is 16.6 Å². The van der Waals surface area contributed by atoms with E-state index in [-0.39, 0.29) is 21.9 Å². The molecule has 2 aromatic rings. The fourth-order valence-electron chi connectivity index (χ4n) is 1.68. The van der Waals surface area contributed by atoms with Crippen LogP contribution in [0.25, 0.3) is 0 Å². The molecular weight excluding hydrogens is 406 g/mol. The Labute approximate surface area is 139 Å². The molecule has 0 aromatic heterocycles. The van der Waals surface area contributed by atoms with E-state index < -0.39 is 11.7 Å². The lowest BCUT2D eigenvalue weighted by atomic mass is 10.1. The van der Waals surface area contributed by atoms with E-state index in [0.29, 0.717) is 5.69 Å². The molecule has 0 aliphatic rings. The second-order valence-electron chi connectivity index (χ2n) is 4.17. The van der Waals surface area contributed by atoms with Gasteiger partial charge in [-0.1, -0.05) is 12.2 Å². The van der Waals surface area contributed by atoms with Gasteiger partial charge in [-0.3, -0.25) is 4.79 Å². The number of halogens is 2. The maximum atomic E-state index is 13.5. The number of phenols is 1. The molecule has 0 bridgehead atoms. The number of hydrogen-bond acceptors (Lipinski definition) is 3. The molecule has 0 fully saturated rings. The molecular formula is C14H10FIN2O2S. The van der Waals surface area contributed by atoms with Crippen LogP contribution in [0.5, 0.6) is 5.75 Å². The highest BCUT2D eigenvalue weighted by Gasteiger charge is 2.13. The lowest BCUT2D eigenvalue weighted by molar-refractivity contribution is 0.102. The number of benzene rings is 2. The topological polar surface area (TPSA) is 75.3 Å². The molecule has 0 atom stereocenters. The van der Waals surface area contributed by atoms with Crippen LogP contribution < -0.4 is 11.1 Å². The van der Waals surface area contributed by atoms with Crippen molar-refractivity contribution in [2.24, 2.45) is 5.73 Å². The SMILES string of the molecule is NC(=S)c1cc(NC(=O)c2cc(I)ccc2O)ccc1F. The third-order valence-corrected chi connectivity index (χ3v) is 3.58. The van der Waals surface area contributed by atoms with Crippen LogP contribution in [0, 0.1) is 9.39 Å². The smallest absolute Gasteiger partial charge is 0.259 e. The zero-order valence-corrected chi connectivity index (χ0v) is 13.5. The summed E-state index contributed by atoms with van der Waals surface area (Å²) < 4.78 is 14.3. The first-order valence-electron chi connectivity index (χ1n) is 5.77. The summed E-state index contributed by atoms with van der Waals surface area (Å²) in [5.41, 5.74) is 5.92. The first-order valence-corrected chi connectivity index (χ1v) is 7.26. The van der Waals surface area contributed by atoms with Crippen LogP contribution in [0.4, 0.5) is 10.1 Å². The number of rotatable bonds is 3. The minimum atomic E-state index is -0.558. The van der Waals surface area contributed by atoms with Crippen LogP contribution in [-0.4, -0.2) is 16.0 Å². The molecule has 0 saturated heterocycles. The molecule has 0 saturated carbocycles. The van der Waals surface area contributed by atoms with Crippen molar-refractivity contribution in [1.29, 1.82) is 0 Å². The summed E-state index contributed by atoms with van der Waals surface area (Å²) >= 11 is 6.77. The Hall–Kier alpha value is -1.74. The van der Waals surface area contributed by atoms with E-state index in [9.17, 15) is 14.3 Å². The standard InChI is InChI=1S/C14H10FIN2O2S/c15-11-3-2-8(6-9(11)13(17)21)18-14(20)10-5-7(16)1-4-12(10)19/h1-6,19H,(H2,17,21)(H,18,20). The molecule has 0 unspecified atom stereocenters. The fourth-order valence-corrected chi connectivity index (χ4v) is 2.33. The van der Waals surface area contributed by atoms with Gasteiger partial charge in [0.05, 0.1) is 5.56 Å². The summed E-state index contributed by atoms with van der Waals surface area (Å²) in [7, 11) is 0. The van der Waals surface area contributed by atoms with Crippen molar-refractivity contribution in [2.75, 3.05) is 5.32 Å². The molecule has 4 N–H and O–H groups in total. The zero-order valence-electron chi connectivity index (χ0n) is 10.6. The van der Waals surface area contributed by atoms with Crippen molar-refractivity contribution >= 4 is 51.4 Å².